The van der Waals surface area contributed by atoms with Gasteiger partial charge in [-0.3, -0.25) is 4.79 Å². The number of hydrogen-bond donors (Lipinski definition) is 1. The molecule has 0 atom stereocenters. The summed E-state index contributed by atoms with van der Waals surface area (Å²) in [5.41, 5.74) is 0. The average Bonchev–Trinajstić information content (AvgIpc) is 2.72. The number of tetrazole rings is 1. The van der Waals surface area contributed by atoms with Crippen LogP contribution in [0.25, 0.3) is 11.6 Å². The van der Waals surface area contributed by atoms with Gasteiger partial charge in [-0.1, -0.05) is 0 Å². The van der Waals surface area contributed by atoms with Gasteiger partial charge >= 0.3 is 5.97 Å². The van der Waals surface area contributed by atoms with Crippen molar-refractivity contribution in [1.29, 1.82) is 0 Å². The molecule has 0 radical (unpaired) electrons. The zero-order chi connectivity index (χ0) is 10.8. The van der Waals surface area contributed by atoms with Crippen molar-refractivity contribution in [1.82, 2.24) is 20.2 Å². The molecular formula is C8H8N4O3. The van der Waals surface area contributed by atoms with Gasteiger partial charge in [0.15, 0.2) is 12.3 Å². The van der Waals surface area contributed by atoms with Gasteiger partial charge in [-0.05, 0) is 24.3 Å². The predicted molar refractivity (Wildman–Crippen MR) is 47.9 cm³/mol. The Kier molecular flexibility index (Phi) is 2.20. The van der Waals surface area contributed by atoms with Crippen LogP contribution < -0.4 is 0 Å². The van der Waals surface area contributed by atoms with Crippen LogP contribution in [0, 0.1) is 6.92 Å². The molecule has 2 heterocycles. The number of carbonyl (C=O) groups is 1. The van der Waals surface area contributed by atoms with E-state index in [9.17, 15) is 4.79 Å². The fraction of sp³-hybridized carbons (Fsp3) is 0.250. The van der Waals surface area contributed by atoms with Gasteiger partial charge in [-0.2, -0.15) is 4.80 Å². The van der Waals surface area contributed by atoms with Crippen molar-refractivity contribution in [3.63, 3.8) is 0 Å². The van der Waals surface area contributed by atoms with E-state index in [0.717, 1.165) is 10.6 Å². The van der Waals surface area contributed by atoms with Crippen molar-refractivity contribution in [2.75, 3.05) is 0 Å². The third-order valence-corrected chi connectivity index (χ3v) is 1.69. The van der Waals surface area contributed by atoms with E-state index < -0.39 is 5.97 Å². The van der Waals surface area contributed by atoms with Crippen LogP contribution in [0.1, 0.15) is 5.76 Å². The van der Waals surface area contributed by atoms with Gasteiger partial charge in [0, 0.05) is 0 Å². The number of furan rings is 1. The van der Waals surface area contributed by atoms with Gasteiger partial charge in [-0.15, -0.1) is 10.2 Å². The Balaban J connectivity index is 2.23. The summed E-state index contributed by atoms with van der Waals surface area (Å²) in [6.45, 7) is 1.48. The number of carboxylic acids is 1. The maximum Gasteiger partial charge on any atom is 0.327 e. The van der Waals surface area contributed by atoms with Gasteiger partial charge in [0.2, 0.25) is 5.82 Å². The molecule has 78 valence electrons. The predicted octanol–water partition coefficient (Wildman–Crippen LogP) is 0.326. The zero-order valence-corrected chi connectivity index (χ0v) is 7.91. The first kappa shape index (κ1) is 9.38. The minimum atomic E-state index is -1.02. The van der Waals surface area contributed by atoms with Gasteiger partial charge < -0.3 is 9.52 Å². The van der Waals surface area contributed by atoms with E-state index in [1.807, 2.05) is 0 Å². The summed E-state index contributed by atoms with van der Waals surface area (Å²) in [5, 5.41) is 19.6. The molecule has 0 aromatic carbocycles. The summed E-state index contributed by atoms with van der Waals surface area (Å²) in [6.07, 6.45) is 0. The second-order valence-corrected chi connectivity index (χ2v) is 2.95. The van der Waals surface area contributed by atoms with Crippen molar-refractivity contribution in [3.05, 3.63) is 17.9 Å². The standard InChI is InChI=1S/C8H8N4O3/c1-5-2-3-6(15-5)8-9-11-12(10-8)4-7(13)14/h2-3H,4H2,1H3,(H,13,14). The second-order valence-electron chi connectivity index (χ2n) is 2.95. The molecule has 0 fully saturated rings. The maximum atomic E-state index is 10.4. The molecule has 0 amide bonds. The molecule has 2 rings (SSSR count). The Morgan fingerprint density at radius 1 is 1.60 bits per heavy atom. The van der Waals surface area contributed by atoms with Crippen LogP contribution in [-0.2, 0) is 11.3 Å². The van der Waals surface area contributed by atoms with Crippen LogP contribution >= 0.6 is 0 Å². The molecule has 0 aliphatic heterocycles. The van der Waals surface area contributed by atoms with Crippen molar-refractivity contribution in [3.8, 4) is 11.6 Å². The number of aliphatic carboxylic acids is 1. The number of aromatic nitrogens is 4. The zero-order valence-electron chi connectivity index (χ0n) is 7.91. The van der Waals surface area contributed by atoms with E-state index in [0.29, 0.717) is 5.76 Å². The molecule has 0 saturated carbocycles. The molecular weight excluding hydrogens is 200 g/mol. The number of carboxylic acid groups (broad SMARTS) is 1. The maximum absolute atomic E-state index is 10.4. The normalized spacial score (nSPS) is 10.5. The molecule has 0 spiro atoms. The van der Waals surface area contributed by atoms with Crippen LogP contribution in [0.5, 0.6) is 0 Å². The van der Waals surface area contributed by atoms with Crippen LogP contribution in [0.15, 0.2) is 16.5 Å². The van der Waals surface area contributed by atoms with Crippen LogP contribution in [0.3, 0.4) is 0 Å². The first-order chi connectivity index (χ1) is 7.15. The Morgan fingerprint density at radius 2 is 2.40 bits per heavy atom. The molecule has 0 saturated heterocycles. The molecule has 15 heavy (non-hydrogen) atoms. The molecule has 0 aliphatic rings. The molecule has 0 unspecified atom stereocenters. The van der Waals surface area contributed by atoms with Crippen molar-refractivity contribution < 1.29 is 14.3 Å². The molecule has 2 aromatic heterocycles. The molecule has 2 aromatic rings. The van der Waals surface area contributed by atoms with Gasteiger partial charge in [0.25, 0.3) is 0 Å². The number of rotatable bonds is 3. The van der Waals surface area contributed by atoms with Gasteiger partial charge in [0.1, 0.15) is 5.76 Å². The van der Waals surface area contributed by atoms with E-state index in [2.05, 4.69) is 15.4 Å². The first-order valence-electron chi connectivity index (χ1n) is 4.21. The molecule has 7 nitrogen and oxygen atoms in total. The second kappa shape index (κ2) is 3.52. The smallest absolute Gasteiger partial charge is 0.327 e. The monoisotopic (exact) mass is 208 g/mol. The molecule has 7 heteroatoms. The molecule has 1 N–H and O–H groups in total. The number of hydrogen-bond acceptors (Lipinski definition) is 5. The highest BCUT2D eigenvalue weighted by atomic mass is 16.4. The summed E-state index contributed by atoms with van der Waals surface area (Å²) >= 11 is 0. The molecule has 0 aliphatic carbocycles. The number of aryl methyl sites for hydroxylation is 1. The SMILES string of the molecule is Cc1ccc(-c2nnn(CC(=O)O)n2)o1. The van der Waals surface area contributed by atoms with Crippen LogP contribution in [0.2, 0.25) is 0 Å². The highest BCUT2D eigenvalue weighted by molar-refractivity contribution is 5.66. The Labute approximate surface area is 84.3 Å². The van der Waals surface area contributed by atoms with Gasteiger partial charge in [0.05, 0.1) is 0 Å². The van der Waals surface area contributed by atoms with Crippen LogP contribution in [0.4, 0.5) is 0 Å². The minimum Gasteiger partial charge on any atom is -0.480 e. The highest BCUT2D eigenvalue weighted by Gasteiger charge is 2.10. The highest BCUT2D eigenvalue weighted by Crippen LogP contribution is 2.16. The summed E-state index contributed by atoms with van der Waals surface area (Å²) in [7, 11) is 0. The third-order valence-electron chi connectivity index (χ3n) is 1.69. The number of nitrogens with zero attached hydrogens (tertiary/aromatic N) is 4. The van der Waals surface area contributed by atoms with Crippen molar-refractivity contribution >= 4 is 5.97 Å². The lowest BCUT2D eigenvalue weighted by Crippen LogP contribution is -2.11. The first-order valence-corrected chi connectivity index (χ1v) is 4.21. The Morgan fingerprint density at radius 3 is 3.00 bits per heavy atom. The third kappa shape index (κ3) is 2.01. The lowest BCUT2D eigenvalue weighted by molar-refractivity contribution is -0.138. The average molecular weight is 208 g/mol. The van der Waals surface area contributed by atoms with Gasteiger partial charge in [-0.25, -0.2) is 0 Å². The fourth-order valence-electron chi connectivity index (χ4n) is 1.08. The topological polar surface area (TPSA) is 94.0 Å². The summed E-state index contributed by atoms with van der Waals surface area (Å²) < 4.78 is 5.26. The quantitative estimate of drug-likeness (QED) is 0.780. The van der Waals surface area contributed by atoms with E-state index in [4.69, 9.17) is 9.52 Å². The summed E-state index contributed by atoms with van der Waals surface area (Å²) in [4.78, 5) is 11.4. The summed E-state index contributed by atoms with van der Waals surface area (Å²) in [6, 6.07) is 3.48. The summed E-state index contributed by atoms with van der Waals surface area (Å²) in [5.74, 6) is 0.475. The van der Waals surface area contributed by atoms with E-state index in [1.54, 1.807) is 19.1 Å². The van der Waals surface area contributed by atoms with E-state index in [1.165, 1.54) is 0 Å². The minimum absolute atomic E-state index is 0.282. The Hall–Kier alpha value is -2.18. The lowest BCUT2D eigenvalue weighted by atomic mass is 10.4. The van der Waals surface area contributed by atoms with Crippen molar-refractivity contribution in [2.45, 2.75) is 13.5 Å². The van der Waals surface area contributed by atoms with Crippen molar-refractivity contribution in [2.24, 2.45) is 0 Å². The van der Waals surface area contributed by atoms with E-state index >= 15 is 0 Å². The van der Waals surface area contributed by atoms with Crippen LogP contribution in [-0.4, -0.2) is 31.3 Å². The Bertz CT molecular complexity index is 488. The van der Waals surface area contributed by atoms with E-state index in [-0.39, 0.29) is 12.4 Å². The fourth-order valence-corrected chi connectivity index (χ4v) is 1.08. The largest absolute Gasteiger partial charge is 0.480 e. The lowest BCUT2D eigenvalue weighted by Gasteiger charge is -1.89. The molecule has 0 bridgehead atoms.